The van der Waals surface area contributed by atoms with Gasteiger partial charge >= 0.3 is 12.0 Å². The summed E-state index contributed by atoms with van der Waals surface area (Å²) in [7, 11) is 0. The monoisotopic (exact) mass is 493 g/mol. The van der Waals surface area contributed by atoms with E-state index in [2.05, 4.69) is 16.7 Å². The topological polar surface area (TPSA) is 54.8 Å². The predicted molar refractivity (Wildman–Crippen MR) is 136 cm³/mol. The maximum absolute atomic E-state index is 13.5. The molecule has 0 bridgehead atoms. The molecule has 0 saturated carbocycles. The number of urea groups is 1. The number of hydrogen-bond donors (Lipinski definition) is 0. The average Bonchev–Trinajstić information content (AvgIpc) is 3.23. The lowest BCUT2D eigenvalue weighted by Crippen LogP contribution is -2.40. The molecule has 182 valence electrons. The number of nitrogens with zero attached hydrogens (tertiary/aromatic N) is 3. The fourth-order valence-electron chi connectivity index (χ4n) is 5.02. The number of amides is 2. The zero-order valence-electron chi connectivity index (χ0n) is 20.1. The van der Waals surface area contributed by atoms with Gasteiger partial charge in [-0.1, -0.05) is 42.5 Å². The van der Waals surface area contributed by atoms with Crippen LogP contribution in [0.2, 0.25) is 0 Å². The number of esters is 1. The molecule has 3 heterocycles. The van der Waals surface area contributed by atoms with E-state index >= 15 is 0 Å². The molecule has 0 spiro atoms. The number of fused-ring (bicyclic) bond motifs is 4. The van der Waals surface area contributed by atoms with E-state index in [9.17, 15) is 14.0 Å². The lowest BCUT2D eigenvalue weighted by atomic mass is 9.97. The van der Waals surface area contributed by atoms with Gasteiger partial charge < -0.3 is 14.2 Å². The van der Waals surface area contributed by atoms with Crippen LogP contribution in [0.15, 0.2) is 48.5 Å². The predicted octanol–water partition coefficient (Wildman–Crippen LogP) is 5.05. The van der Waals surface area contributed by atoms with Crippen molar-refractivity contribution in [3.8, 4) is 0 Å². The fraction of sp³-hybridized carbons (Fsp3) is 0.370. The van der Waals surface area contributed by atoms with Crippen LogP contribution in [0.25, 0.3) is 10.9 Å². The van der Waals surface area contributed by atoms with Crippen molar-refractivity contribution in [2.24, 2.45) is 0 Å². The fourth-order valence-corrected chi connectivity index (χ4v) is 5.40. The number of benzene rings is 2. The molecule has 8 heteroatoms. The molecule has 1 fully saturated rings. The summed E-state index contributed by atoms with van der Waals surface area (Å²) >= 11 is 5.72. The van der Waals surface area contributed by atoms with E-state index in [1.165, 1.54) is 17.7 Å². The number of halogens is 1. The number of rotatable bonds is 5. The molecule has 0 aliphatic carbocycles. The molecule has 35 heavy (non-hydrogen) atoms. The van der Waals surface area contributed by atoms with Crippen LogP contribution in [0, 0.1) is 5.82 Å². The van der Waals surface area contributed by atoms with E-state index < -0.39 is 5.60 Å². The Bertz CT molecular complexity index is 1330. The van der Waals surface area contributed by atoms with E-state index in [1.807, 2.05) is 32.9 Å². The molecular formula is C27H28FN3O3S. The number of para-hydroxylation sites is 1. The number of hydrogen-bond acceptors (Lipinski definition) is 4. The van der Waals surface area contributed by atoms with Gasteiger partial charge in [0.25, 0.3) is 0 Å². The minimum absolute atomic E-state index is 0.0936. The van der Waals surface area contributed by atoms with Gasteiger partial charge in [-0.05, 0) is 50.1 Å². The Labute approximate surface area is 209 Å². The van der Waals surface area contributed by atoms with Crippen molar-refractivity contribution in [2.75, 3.05) is 6.54 Å². The highest BCUT2D eigenvalue weighted by molar-refractivity contribution is 7.80. The average molecular weight is 494 g/mol. The Morgan fingerprint density at radius 3 is 2.57 bits per heavy atom. The highest BCUT2D eigenvalue weighted by atomic mass is 32.1. The molecule has 2 amide bonds. The minimum atomic E-state index is -0.573. The highest BCUT2D eigenvalue weighted by Gasteiger charge is 2.46. The zero-order chi connectivity index (χ0) is 24.9. The molecule has 0 radical (unpaired) electrons. The van der Waals surface area contributed by atoms with E-state index in [-0.39, 0.29) is 36.8 Å². The second-order valence-corrected chi connectivity index (χ2v) is 10.5. The van der Waals surface area contributed by atoms with Crippen LogP contribution in [-0.4, -0.2) is 49.5 Å². The summed E-state index contributed by atoms with van der Waals surface area (Å²) in [6.45, 7) is 6.67. The van der Waals surface area contributed by atoms with Gasteiger partial charge in [-0.3, -0.25) is 9.69 Å². The lowest BCUT2D eigenvalue weighted by molar-refractivity contribution is -0.154. The van der Waals surface area contributed by atoms with Crippen molar-refractivity contribution in [2.45, 2.75) is 58.3 Å². The van der Waals surface area contributed by atoms with E-state index in [4.69, 9.17) is 17.0 Å². The maximum atomic E-state index is 13.5. The molecular weight excluding hydrogens is 465 g/mol. The van der Waals surface area contributed by atoms with Crippen molar-refractivity contribution in [1.82, 2.24) is 14.4 Å². The minimum Gasteiger partial charge on any atom is -0.460 e. The summed E-state index contributed by atoms with van der Waals surface area (Å²) in [6.07, 6.45) is 0.718. The van der Waals surface area contributed by atoms with Crippen molar-refractivity contribution < 1.29 is 18.7 Å². The van der Waals surface area contributed by atoms with Crippen LogP contribution >= 0.6 is 12.2 Å². The smallest absolute Gasteiger partial charge is 0.325 e. The van der Waals surface area contributed by atoms with Crippen molar-refractivity contribution >= 4 is 40.1 Å². The quantitative estimate of drug-likeness (QED) is 0.369. The molecule has 1 aromatic heterocycles. The third-order valence-corrected chi connectivity index (χ3v) is 7.02. The number of ether oxygens (including phenoxy) is 1. The van der Waals surface area contributed by atoms with Gasteiger partial charge in [-0.25, -0.2) is 9.18 Å². The maximum Gasteiger partial charge on any atom is 0.325 e. The molecule has 1 atom stereocenters. The van der Waals surface area contributed by atoms with Crippen LogP contribution in [-0.2, 0) is 29.0 Å². The van der Waals surface area contributed by atoms with Gasteiger partial charge in [-0.15, -0.1) is 0 Å². The van der Waals surface area contributed by atoms with Crippen molar-refractivity contribution in [3.05, 3.63) is 71.2 Å². The second-order valence-electron chi connectivity index (χ2n) is 10.1. The number of thiocarbonyl (C=S) groups is 1. The molecule has 2 aliphatic heterocycles. The molecule has 2 aliphatic rings. The van der Waals surface area contributed by atoms with Gasteiger partial charge in [-0.2, -0.15) is 0 Å². The zero-order valence-corrected chi connectivity index (χ0v) is 20.9. The third kappa shape index (κ3) is 4.43. The van der Waals surface area contributed by atoms with Crippen LogP contribution in [0.5, 0.6) is 0 Å². The Balaban J connectivity index is 1.42. The Hall–Kier alpha value is -3.26. The summed E-state index contributed by atoms with van der Waals surface area (Å²) in [5.41, 5.74) is 3.75. The standard InChI is InChI=1S/C27H28FN3O3S/c1-27(2,3)34-24(32)12-13-29-25(35)22-14-20-19-6-4-5-7-21(19)30(23(20)16-31(22)26(29)33)15-17-8-10-18(28)11-9-17/h4-11,22H,12-16H2,1-3H3/t22-/m0/s1. The van der Waals surface area contributed by atoms with Gasteiger partial charge in [0.15, 0.2) is 0 Å². The number of carbonyl (C=O) groups excluding carboxylic acids is 2. The van der Waals surface area contributed by atoms with Crippen molar-refractivity contribution in [1.29, 1.82) is 0 Å². The number of carbonyl (C=O) groups is 2. The largest absolute Gasteiger partial charge is 0.460 e. The van der Waals surface area contributed by atoms with E-state index in [0.29, 0.717) is 24.5 Å². The van der Waals surface area contributed by atoms with Crippen molar-refractivity contribution in [3.63, 3.8) is 0 Å². The van der Waals surface area contributed by atoms with Gasteiger partial charge in [0.1, 0.15) is 16.4 Å². The first-order chi connectivity index (χ1) is 16.6. The van der Waals surface area contributed by atoms with Crippen LogP contribution < -0.4 is 0 Å². The summed E-state index contributed by atoms with van der Waals surface area (Å²) < 4.78 is 21.1. The van der Waals surface area contributed by atoms with E-state index in [1.54, 1.807) is 21.9 Å². The molecule has 6 nitrogen and oxygen atoms in total. The molecule has 0 unspecified atom stereocenters. The van der Waals surface area contributed by atoms with Crippen LogP contribution in [0.1, 0.15) is 44.0 Å². The van der Waals surface area contributed by atoms with Gasteiger partial charge in [0, 0.05) is 36.1 Å². The highest BCUT2D eigenvalue weighted by Crippen LogP contribution is 2.37. The first-order valence-corrected chi connectivity index (χ1v) is 12.2. The van der Waals surface area contributed by atoms with Crippen LogP contribution in [0.4, 0.5) is 9.18 Å². The second kappa shape index (κ2) is 8.75. The summed E-state index contributed by atoms with van der Waals surface area (Å²) in [5, 5.41) is 1.15. The Morgan fingerprint density at radius 1 is 1.14 bits per heavy atom. The van der Waals surface area contributed by atoms with E-state index in [0.717, 1.165) is 22.2 Å². The molecule has 0 N–H and O–H groups in total. The summed E-state index contributed by atoms with van der Waals surface area (Å²) in [6, 6.07) is 14.3. The lowest BCUT2D eigenvalue weighted by Gasteiger charge is -2.29. The Kier molecular flexibility index (Phi) is 5.87. The van der Waals surface area contributed by atoms with Gasteiger partial charge in [0.2, 0.25) is 0 Å². The van der Waals surface area contributed by atoms with Gasteiger partial charge in [0.05, 0.1) is 19.0 Å². The molecule has 1 saturated heterocycles. The SMILES string of the molecule is CC(C)(C)OC(=O)CCN1C(=O)N2Cc3c(c4ccccc4n3Cc3ccc(F)cc3)C[C@H]2C1=S. The first-order valence-electron chi connectivity index (χ1n) is 11.8. The van der Waals surface area contributed by atoms with Crippen LogP contribution in [0.3, 0.4) is 0 Å². The molecule has 3 aromatic rings. The first kappa shape index (κ1) is 23.5. The normalized spacial score (nSPS) is 17.7. The third-order valence-electron chi connectivity index (χ3n) is 6.53. The molecule has 2 aromatic carbocycles. The molecule has 5 rings (SSSR count). The number of aromatic nitrogens is 1. The Morgan fingerprint density at radius 2 is 1.86 bits per heavy atom. The summed E-state index contributed by atoms with van der Waals surface area (Å²) in [5.74, 6) is -0.614. The summed E-state index contributed by atoms with van der Waals surface area (Å²) in [4.78, 5) is 29.5.